The molecule has 2 N–H and O–H groups in total. The van der Waals surface area contributed by atoms with E-state index in [4.69, 9.17) is 22.1 Å². The van der Waals surface area contributed by atoms with Gasteiger partial charge in [0.25, 0.3) is 0 Å². The van der Waals surface area contributed by atoms with Crippen LogP contribution in [0.5, 0.6) is 11.6 Å². The van der Waals surface area contributed by atoms with E-state index in [0.29, 0.717) is 22.3 Å². The molecule has 76 valence electrons. The summed E-state index contributed by atoms with van der Waals surface area (Å²) in [6.45, 7) is 0. The molecule has 0 fully saturated rings. The van der Waals surface area contributed by atoms with Crippen LogP contribution in [-0.4, -0.2) is 4.98 Å². The predicted molar refractivity (Wildman–Crippen MR) is 60.2 cm³/mol. The van der Waals surface area contributed by atoms with E-state index in [1.54, 1.807) is 36.5 Å². The first-order chi connectivity index (χ1) is 7.25. The molecule has 0 atom stereocenters. The van der Waals surface area contributed by atoms with Crippen LogP contribution in [0.15, 0.2) is 42.6 Å². The minimum Gasteiger partial charge on any atom is -0.437 e. The Morgan fingerprint density at radius 3 is 2.80 bits per heavy atom. The SMILES string of the molecule is Nc1cccc(Oc2ncccc2Cl)c1. The second-order valence-electron chi connectivity index (χ2n) is 2.96. The number of nitrogens with zero attached hydrogens (tertiary/aromatic N) is 1. The summed E-state index contributed by atoms with van der Waals surface area (Å²) >= 11 is 5.90. The second-order valence-corrected chi connectivity index (χ2v) is 3.37. The largest absolute Gasteiger partial charge is 0.437 e. The number of aromatic nitrogens is 1. The number of hydrogen-bond donors (Lipinski definition) is 1. The molecule has 15 heavy (non-hydrogen) atoms. The van der Waals surface area contributed by atoms with Gasteiger partial charge in [-0.25, -0.2) is 4.98 Å². The number of nitrogens with two attached hydrogens (primary N) is 1. The van der Waals surface area contributed by atoms with E-state index in [9.17, 15) is 0 Å². The molecule has 0 radical (unpaired) electrons. The number of rotatable bonds is 2. The van der Waals surface area contributed by atoms with Gasteiger partial charge in [0.2, 0.25) is 5.88 Å². The Labute approximate surface area is 92.5 Å². The summed E-state index contributed by atoms with van der Waals surface area (Å²) in [6.07, 6.45) is 1.62. The summed E-state index contributed by atoms with van der Waals surface area (Å²) in [5, 5.41) is 0.472. The summed E-state index contributed by atoms with van der Waals surface area (Å²) < 4.78 is 5.47. The Hall–Kier alpha value is -1.74. The lowest BCUT2D eigenvalue weighted by Crippen LogP contribution is -1.90. The Bertz CT molecular complexity index is 474. The van der Waals surface area contributed by atoms with E-state index in [-0.39, 0.29) is 0 Å². The highest BCUT2D eigenvalue weighted by atomic mass is 35.5. The van der Waals surface area contributed by atoms with Crippen LogP contribution >= 0.6 is 11.6 Å². The highest BCUT2D eigenvalue weighted by molar-refractivity contribution is 6.31. The molecule has 1 heterocycles. The normalized spacial score (nSPS) is 9.93. The fourth-order valence-corrected chi connectivity index (χ4v) is 1.30. The fourth-order valence-electron chi connectivity index (χ4n) is 1.14. The molecule has 0 aliphatic carbocycles. The number of ether oxygens (including phenoxy) is 1. The third-order valence-corrected chi connectivity index (χ3v) is 2.08. The van der Waals surface area contributed by atoms with Crippen LogP contribution in [0.1, 0.15) is 0 Å². The molecular weight excluding hydrogens is 212 g/mol. The van der Waals surface area contributed by atoms with Gasteiger partial charge in [-0.05, 0) is 24.3 Å². The maximum atomic E-state index is 5.90. The van der Waals surface area contributed by atoms with E-state index in [1.807, 2.05) is 6.07 Å². The molecule has 0 spiro atoms. The summed E-state index contributed by atoms with van der Waals surface area (Å²) in [7, 11) is 0. The van der Waals surface area contributed by atoms with Gasteiger partial charge in [-0.1, -0.05) is 17.7 Å². The number of halogens is 1. The van der Waals surface area contributed by atoms with Gasteiger partial charge < -0.3 is 10.5 Å². The molecule has 0 aliphatic heterocycles. The molecule has 2 aromatic rings. The van der Waals surface area contributed by atoms with Gasteiger partial charge in [-0.2, -0.15) is 0 Å². The number of anilines is 1. The molecule has 3 nitrogen and oxygen atoms in total. The molecule has 2 rings (SSSR count). The van der Waals surface area contributed by atoms with Crippen LogP contribution in [0.4, 0.5) is 5.69 Å². The van der Waals surface area contributed by atoms with Crippen molar-refractivity contribution in [2.75, 3.05) is 5.73 Å². The first-order valence-electron chi connectivity index (χ1n) is 4.39. The molecule has 0 amide bonds. The zero-order valence-electron chi connectivity index (χ0n) is 7.85. The Morgan fingerprint density at radius 1 is 1.20 bits per heavy atom. The fraction of sp³-hybridized carbons (Fsp3) is 0. The maximum absolute atomic E-state index is 5.90. The number of nitrogen functional groups attached to an aromatic ring is 1. The van der Waals surface area contributed by atoms with Gasteiger partial charge in [0, 0.05) is 18.0 Å². The average Bonchev–Trinajstić information content (AvgIpc) is 2.22. The van der Waals surface area contributed by atoms with Crippen molar-refractivity contribution < 1.29 is 4.74 Å². The molecule has 0 saturated carbocycles. The van der Waals surface area contributed by atoms with Crippen molar-refractivity contribution in [3.05, 3.63) is 47.6 Å². The molecule has 1 aromatic carbocycles. The monoisotopic (exact) mass is 220 g/mol. The maximum Gasteiger partial charge on any atom is 0.238 e. The van der Waals surface area contributed by atoms with Gasteiger partial charge in [0.1, 0.15) is 10.8 Å². The van der Waals surface area contributed by atoms with Crippen LogP contribution in [0, 0.1) is 0 Å². The van der Waals surface area contributed by atoms with Gasteiger partial charge in [-0.15, -0.1) is 0 Å². The molecule has 4 heteroatoms. The molecule has 0 bridgehead atoms. The van der Waals surface area contributed by atoms with Crippen molar-refractivity contribution in [1.82, 2.24) is 4.98 Å². The standard InChI is InChI=1S/C11H9ClN2O/c12-10-5-2-6-14-11(10)15-9-4-1-3-8(13)7-9/h1-7H,13H2. The molecule has 1 aromatic heterocycles. The first-order valence-corrected chi connectivity index (χ1v) is 4.77. The van der Waals surface area contributed by atoms with E-state index in [1.165, 1.54) is 0 Å². The number of hydrogen-bond acceptors (Lipinski definition) is 3. The second kappa shape index (κ2) is 4.19. The Balaban J connectivity index is 2.26. The van der Waals surface area contributed by atoms with Crippen molar-refractivity contribution in [1.29, 1.82) is 0 Å². The van der Waals surface area contributed by atoms with Crippen LogP contribution in [-0.2, 0) is 0 Å². The minimum absolute atomic E-state index is 0.379. The highest BCUT2D eigenvalue weighted by Crippen LogP contribution is 2.27. The van der Waals surface area contributed by atoms with Gasteiger partial charge in [0.05, 0.1) is 0 Å². The third-order valence-electron chi connectivity index (χ3n) is 1.80. The first kappa shape index (κ1) is 9.80. The molecule has 0 aliphatic rings. The summed E-state index contributed by atoms with van der Waals surface area (Å²) in [4.78, 5) is 4.01. The number of benzene rings is 1. The van der Waals surface area contributed by atoms with Crippen molar-refractivity contribution >= 4 is 17.3 Å². The Morgan fingerprint density at radius 2 is 2.07 bits per heavy atom. The Kier molecular flexibility index (Phi) is 2.74. The van der Waals surface area contributed by atoms with Crippen molar-refractivity contribution in [2.24, 2.45) is 0 Å². The van der Waals surface area contributed by atoms with Gasteiger partial charge in [-0.3, -0.25) is 0 Å². The van der Waals surface area contributed by atoms with Crippen LogP contribution in [0.2, 0.25) is 5.02 Å². The minimum atomic E-state index is 0.379. The highest BCUT2D eigenvalue weighted by Gasteiger charge is 2.03. The molecular formula is C11H9ClN2O. The van der Waals surface area contributed by atoms with Gasteiger partial charge in [0.15, 0.2) is 0 Å². The lowest BCUT2D eigenvalue weighted by molar-refractivity contribution is 0.463. The summed E-state index contributed by atoms with van der Waals surface area (Å²) in [5.74, 6) is 1.00. The number of pyridine rings is 1. The lowest BCUT2D eigenvalue weighted by Gasteiger charge is -2.05. The molecule has 0 unspecified atom stereocenters. The smallest absolute Gasteiger partial charge is 0.238 e. The lowest BCUT2D eigenvalue weighted by atomic mass is 10.3. The summed E-state index contributed by atoms with van der Waals surface area (Å²) in [6, 6.07) is 10.6. The zero-order chi connectivity index (χ0) is 10.7. The molecule has 0 saturated heterocycles. The van der Waals surface area contributed by atoms with Crippen LogP contribution < -0.4 is 10.5 Å². The zero-order valence-corrected chi connectivity index (χ0v) is 8.61. The van der Waals surface area contributed by atoms with E-state index in [0.717, 1.165) is 0 Å². The van der Waals surface area contributed by atoms with Crippen molar-refractivity contribution in [2.45, 2.75) is 0 Å². The topological polar surface area (TPSA) is 48.1 Å². The van der Waals surface area contributed by atoms with Crippen molar-refractivity contribution in [3.63, 3.8) is 0 Å². The van der Waals surface area contributed by atoms with Crippen LogP contribution in [0.3, 0.4) is 0 Å². The van der Waals surface area contributed by atoms with E-state index >= 15 is 0 Å². The quantitative estimate of drug-likeness (QED) is 0.792. The van der Waals surface area contributed by atoms with Gasteiger partial charge >= 0.3 is 0 Å². The third kappa shape index (κ3) is 2.39. The van der Waals surface area contributed by atoms with Crippen LogP contribution in [0.25, 0.3) is 0 Å². The summed E-state index contributed by atoms with van der Waals surface area (Å²) in [5.41, 5.74) is 6.26. The average molecular weight is 221 g/mol. The van der Waals surface area contributed by atoms with E-state index < -0.39 is 0 Å². The predicted octanol–water partition coefficient (Wildman–Crippen LogP) is 3.11. The van der Waals surface area contributed by atoms with Crippen molar-refractivity contribution in [3.8, 4) is 11.6 Å². The van der Waals surface area contributed by atoms with E-state index in [2.05, 4.69) is 4.98 Å².